The second kappa shape index (κ2) is 10.2. The Kier molecular flexibility index (Phi) is 8.51. The van der Waals surface area contributed by atoms with Crippen LogP contribution in [-0.4, -0.2) is 20.3 Å². The molecule has 0 spiro atoms. The highest BCUT2D eigenvalue weighted by Gasteiger charge is 2.02. The molecule has 0 amide bonds. The lowest BCUT2D eigenvalue weighted by Gasteiger charge is -2.09. The van der Waals surface area contributed by atoms with E-state index in [1.807, 2.05) is 24.3 Å². The first-order chi connectivity index (χ1) is 10.3. The average Bonchev–Trinajstić information content (AvgIpc) is 2.51. The smallest absolute Gasteiger partial charge is 0.129 e. The van der Waals surface area contributed by atoms with Gasteiger partial charge in [-0.2, -0.15) is 0 Å². The molecular formula is C17H21ClFNO2. The zero-order chi connectivity index (χ0) is 14.9. The summed E-state index contributed by atoms with van der Waals surface area (Å²) in [5, 5.41) is 3.27. The van der Waals surface area contributed by atoms with E-state index in [1.165, 1.54) is 6.07 Å². The fraction of sp³-hybridized carbons (Fsp3) is 0.294. The van der Waals surface area contributed by atoms with Crippen LogP contribution in [0, 0.1) is 5.82 Å². The molecule has 0 bridgehead atoms. The molecule has 0 aromatic heterocycles. The summed E-state index contributed by atoms with van der Waals surface area (Å²) in [4.78, 5) is 0. The van der Waals surface area contributed by atoms with Gasteiger partial charge in [0, 0.05) is 25.8 Å². The fourth-order valence-corrected chi connectivity index (χ4v) is 1.93. The number of hydrogen-bond acceptors (Lipinski definition) is 3. The molecule has 22 heavy (non-hydrogen) atoms. The maximum Gasteiger partial charge on any atom is 0.129 e. The number of rotatable bonds is 8. The Morgan fingerprint density at radius 3 is 2.68 bits per heavy atom. The normalized spacial score (nSPS) is 10.1. The monoisotopic (exact) mass is 325 g/mol. The van der Waals surface area contributed by atoms with Crippen LogP contribution >= 0.6 is 12.4 Å². The summed E-state index contributed by atoms with van der Waals surface area (Å²) in [6.45, 7) is 2.47. The molecule has 0 heterocycles. The molecule has 2 aromatic carbocycles. The van der Waals surface area contributed by atoms with E-state index in [-0.39, 0.29) is 24.8 Å². The van der Waals surface area contributed by atoms with Gasteiger partial charge in [-0.3, -0.25) is 0 Å². The van der Waals surface area contributed by atoms with E-state index < -0.39 is 0 Å². The minimum atomic E-state index is -0.241. The van der Waals surface area contributed by atoms with Gasteiger partial charge in [0.2, 0.25) is 0 Å². The molecule has 0 saturated carbocycles. The van der Waals surface area contributed by atoms with Crippen LogP contribution in [0.2, 0.25) is 0 Å². The van der Waals surface area contributed by atoms with Gasteiger partial charge < -0.3 is 14.8 Å². The SMILES string of the molecule is COCCNCc1cccc(OCc2ccccc2F)c1.Cl. The van der Waals surface area contributed by atoms with E-state index in [0.29, 0.717) is 12.2 Å². The maximum absolute atomic E-state index is 13.5. The third-order valence-corrected chi connectivity index (χ3v) is 3.06. The minimum absolute atomic E-state index is 0. The lowest BCUT2D eigenvalue weighted by atomic mass is 10.2. The summed E-state index contributed by atoms with van der Waals surface area (Å²) in [6, 6.07) is 14.4. The van der Waals surface area contributed by atoms with Gasteiger partial charge in [0.25, 0.3) is 0 Å². The first-order valence-electron chi connectivity index (χ1n) is 6.94. The summed E-state index contributed by atoms with van der Waals surface area (Å²) >= 11 is 0. The van der Waals surface area contributed by atoms with Crippen molar-refractivity contribution in [2.75, 3.05) is 20.3 Å². The third kappa shape index (κ3) is 6.02. The molecule has 2 aromatic rings. The van der Waals surface area contributed by atoms with Crippen LogP contribution in [0.5, 0.6) is 5.75 Å². The lowest BCUT2D eigenvalue weighted by molar-refractivity contribution is 0.199. The third-order valence-electron chi connectivity index (χ3n) is 3.06. The van der Waals surface area contributed by atoms with Gasteiger partial charge >= 0.3 is 0 Å². The van der Waals surface area contributed by atoms with Gasteiger partial charge in [-0.25, -0.2) is 4.39 Å². The fourth-order valence-electron chi connectivity index (χ4n) is 1.93. The molecule has 0 aliphatic heterocycles. The van der Waals surface area contributed by atoms with Crippen LogP contribution in [0.1, 0.15) is 11.1 Å². The summed E-state index contributed by atoms with van der Waals surface area (Å²) < 4.78 is 24.1. The molecule has 2 rings (SSSR count). The topological polar surface area (TPSA) is 30.5 Å². The van der Waals surface area contributed by atoms with Crippen LogP contribution in [0.3, 0.4) is 0 Å². The van der Waals surface area contributed by atoms with E-state index in [4.69, 9.17) is 9.47 Å². The predicted octanol–water partition coefficient (Wildman–Crippen LogP) is 3.56. The highest BCUT2D eigenvalue weighted by atomic mass is 35.5. The average molecular weight is 326 g/mol. The van der Waals surface area contributed by atoms with E-state index in [1.54, 1.807) is 25.3 Å². The van der Waals surface area contributed by atoms with E-state index in [9.17, 15) is 4.39 Å². The number of methoxy groups -OCH3 is 1. The highest BCUT2D eigenvalue weighted by Crippen LogP contribution is 2.16. The molecule has 3 nitrogen and oxygen atoms in total. The van der Waals surface area contributed by atoms with Crippen molar-refractivity contribution >= 4 is 12.4 Å². The predicted molar refractivity (Wildman–Crippen MR) is 88.0 cm³/mol. The zero-order valence-electron chi connectivity index (χ0n) is 12.5. The van der Waals surface area contributed by atoms with Gasteiger partial charge in [-0.05, 0) is 23.8 Å². The van der Waals surface area contributed by atoms with E-state index >= 15 is 0 Å². The molecule has 120 valence electrons. The lowest BCUT2D eigenvalue weighted by Crippen LogP contribution is -2.18. The second-order valence-electron chi connectivity index (χ2n) is 4.70. The van der Waals surface area contributed by atoms with E-state index in [2.05, 4.69) is 5.32 Å². The molecule has 0 aliphatic carbocycles. The number of nitrogens with one attached hydrogen (secondary N) is 1. The Hall–Kier alpha value is -1.62. The number of halogens is 2. The van der Waals surface area contributed by atoms with Crippen molar-refractivity contribution < 1.29 is 13.9 Å². The van der Waals surface area contributed by atoms with Crippen LogP contribution in [0.25, 0.3) is 0 Å². The van der Waals surface area contributed by atoms with Gasteiger partial charge in [0.15, 0.2) is 0 Å². The van der Waals surface area contributed by atoms with Crippen LogP contribution in [0.15, 0.2) is 48.5 Å². The van der Waals surface area contributed by atoms with Gasteiger partial charge in [-0.15, -0.1) is 12.4 Å². The molecule has 5 heteroatoms. The highest BCUT2D eigenvalue weighted by molar-refractivity contribution is 5.85. The summed E-state index contributed by atoms with van der Waals surface area (Å²) in [5.41, 5.74) is 1.68. The van der Waals surface area contributed by atoms with Crippen molar-refractivity contribution in [2.24, 2.45) is 0 Å². The molecular weight excluding hydrogens is 305 g/mol. The molecule has 0 radical (unpaired) electrons. The summed E-state index contributed by atoms with van der Waals surface area (Å²) in [5.74, 6) is 0.499. The second-order valence-corrected chi connectivity index (χ2v) is 4.70. The van der Waals surface area contributed by atoms with Crippen LogP contribution in [-0.2, 0) is 17.9 Å². The van der Waals surface area contributed by atoms with E-state index in [0.717, 1.165) is 24.4 Å². The first kappa shape index (κ1) is 18.4. The Bertz CT molecular complexity index is 566. The Morgan fingerprint density at radius 2 is 1.91 bits per heavy atom. The van der Waals surface area contributed by atoms with Crippen molar-refractivity contribution in [1.82, 2.24) is 5.32 Å². The quantitative estimate of drug-likeness (QED) is 0.753. The summed E-state index contributed by atoms with van der Waals surface area (Å²) in [7, 11) is 1.68. The van der Waals surface area contributed by atoms with Gasteiger partial charge in [0.1, 0.15) is 18.2 Å². The molecule has 0 atom stereocenters. The Balaban J connectivity index is 0.00000242. The van der Waals surface area contributed by atoms with Crippen molar-refractivity contribution in [3.63, 3.8) is 0 Å². The molecule has 1 N–H and O–H groups in total. The molecule has 0 unspecified atom stereocenters. The number of hydrogen-bond donors (Lipinski definition) is 1. The molecule has 0 saturated heterocycles. The van der Waals surface area contributed by atoms with Crippen LogP contribution in [0.4, 0.5) is 4.39 Å². The molecule has 0 fully saturated rings. The number of benzene rings is 2. The summed E-state index contributed by atoms with van der Waals surface area (Å²) in [6.07, 6.45) is 0. The first-order valence-corrected chi connectivity index (χ1v) is 6.94. The standard InChI is InChI=1S/C17H20FNO2.ClH/c1-20-10-9-19-12-14-5-4-7-16(11-14)21-13-15-6-2-3-8-17(15)18;/h2-8,11,19H,9-10,12-13H2,1H3;1H. The number of ether oxygens (including phenoxy) is 2. The van der Waals surface area contributed by atoms with Crippen molar-refractivity contribution in [3.05, 3.63) is 65.5 Å². The largest absolute Gasteiger partial charge is 0.489 e. The van der Waals surface area contributed by atoms with Gasteiger partial charge in [-0.1, -0.05) is 30.3 Å². The van der Waals surface area contributed by atoms with Gasteiger partial charge in [0.05, 0.1) is 6.61 Å². The van der Waals surface area contributed by atoms with Crippen LogP contribution < -0.4 is 10.1 Å². The van der Waals surface area contributed by atoms with Crippen molar-refractivity contribution in [3.8, 4) is 5.75 Å². The molecule has 0 aliphatic rings. The minimum Gasteiger partial charge on any atom is -0.489 e. The van der Waals surface area contributed by atoms with Crippen molar-refractivity contribution in [1.29, 1.82) is 0 Å². The Labute approximate surface area is 136 Å². The maximum atomic E-state index is 13.5. The zero-order valence-corrected chi connectivity index (χ0v) is 13.4. The van der Waals surface area contributed by atoms with Crippen molar-refractivity contribution in [2.45, 2.75) is 13.2 Å². The Morgan fingerprint density at radius 1 is 1.09 bits per heavy atom.